The summed E-state index contributed by atoms with van der Waals surface area (Å²) < 4.78 is 5.62. The van der Waals surface area contributed by atoms with Crippen LogP contribution in [0.2, 0.25) is 15.1 Å². The van der Waals surface area contributed by atoms with Gasteiger partial charge < -0.3 is 10.1 Å². The largest absolute Gasteiger partial charge is 0.422 e. The monoisotopic (exact) mass is 553 g/mol. The van der Waals surface area contributed by atoms with Crippen molar-refractivity contribution in [3.05, 3.63) is 111 Å². The van der Waals surface area contributed by atoms with Crippen LogP contribution in [0.4, 0.5) is 0 Å². The highest BCUT2D eigenvalue weighted by molar-refractivity contribution is 6.36. The predicted molar refractivity (Wildman–Crippen MR) is 145 cm³/mol. The highest BCUT2D eigenvalue weighted by Gasteiger charge is 2.16. The maximum absolute atomic E-state index is 12.8. The SMILES string of the molecule is O=C(CNC(=O)c1ccc(Cl)cc1)N/N=C\c1c(OC(=O)c2ccc(Cl)cc2Cl)ccc2ccccc12. The summed E-state index contributed by atoms with van der Waals surface area (Å²) in [5.41, 5.74) is 3.33. The van der Waals surface area contributed by atoms with Gasteiger partial charge in [0.15, 0.2) is 0 Å². The average molecular weight is 555 g/mol. The highest BCUT2D eigenvalue weighted by atomic mass is 35.5. The summed E-state index contributed by atoms with van der Waals surface area (Å²) in [5, 5.41) is 9.15. The Hall–Kier alpha value is -3.91. The molecule has 0 radical (unpaired) electrons. The van der Waals surface area contributed by atoms with Gasteiger partial charge in [-0.05, 0) is 59.3 Å². The Morgan fingerprint density at radius 3 is 2.35 bits per heavy atom. The van der Waals surface area contributed by atoms with E-state index in [9.17, 15) is 14.4 Å². The number of amides is 2. The number of benzene rings is 4. The Kier molecular flexibility index (Phi) is 8.40. The van der Waals surface area contributed by atoms with Crippen LogP contribution >= 0.6 is 34.8 Å². The molecule has 7 nitrogen and oxygen atoms in total. The number of hydrogen-bond acceptors (Lipinski definition) is 5. The molecule has 4 aromatic carbocycles. The lowest BCUT2D eigenvalue weighted by molar-refractivity contribution is -0.120. The molecule has 0 spiro atoms. The molecule has 0 aliphatic rings. The van der Waals surface area contributed by atoms with Crippen LogP contribution in [-0.4, -0.2) is 30.5 Å². The summed E-state index contributed by atoms with van der Waals surface area (Å²) in [6, 6.07) is 21.5. The number of ether oxygens (including phenoxy) is 1. The molecule has 2 N–H and O–H groups in total. The molecule has 0 aliphatic carbocycles. The Labute approximate surface area is 227 Å². The second kappa shape index (κ2) is 11.9. The van der Waals surface area contributed by atoms with E-state index in [1.807, 2.05) is 24.3 Å². The Bertz CT molecular complexity index is 1520. The van der Waals surface area contributed by atoms with E-state index in [1.165, 1.54) is 24.4 Å². The maximum Gasteiger partial charge on any atom is 0.345 e. The molecule has 4 rings (SSSR count). The number of carbonyl (C=O) groups excluding carboxylic acids is 3. The van der Waals surface area contributed by atoms with E-state index in [0.29, 0.717) is 21.2 Å². The average Bonchev–Trinajstić information content (AvgIpc) is 2.88. The normalized spacial score (nSPS) is 10.9. The van der Waals surface area contributed by atoms with Crippen molar-refractivity contribution in [1.29, 1.82) is 0 Å². The minimum atomic E-state index is -0.680. The molecule has 0 saturated heterocycles. The van der Waals surface area contributed by atoms with Crippen LogP contribution in [0.25, 0.3) is 10.8 Å². The van der Waals surface area contributed by atoms with Gasteiger partial charge in [0.25, 0.3) is 11.8 Å². The van der Waals surface area contributed by atoms with Gasteiger partial charge in [0.05, 0.1) is 23.3 Å². The first-order chi connectivity index (χ1) is 17.8. The van der Waals surface area contributed by atoms with E-state index in [2.05, 4.69) is 15.8 Å². The van der Waals surface area contributed by atoms with Crippen molar-refractivity contribution in [2.45, 2.75) is 0 Å². The number of esters is 1. The molecule has 37 heavy (non-hydrogen) atoms. The van der Waals surface area contributed by atoms with Crippen molar-refractivity contribution in [3.8, 4) is 5.75 Å². The molecule has 0 saturated carbocycles. The van der Waals surface area contributed by atoms with Crippen LogP contribution in [0.15, 0.2) is 84.0 Å². The number of hydrogen-bond donors (Lipinski definition) is 2. The van der Waals surface area contributed by atoms with Crippen LogP contribution in [0, 0.1) is 0 Å². The predicted octanol–water partition coefficient (Wildman–Crippen LogP) is 5.90. The summed E-state index contributed by atoms with van der Waals surface area (Å²) >= 11 is 17.9. The molecule has 0 aromatic heterocycles. The lowest BCUT2D eigenvalue weighted by Gasteiger charge is -2.11. The zero-order chi connectivity index (χ0) is 26.4. The van der Waals surface area contributed by atoms with Crippen molar-refractivity contribution in [3.63, 3.8) is 0 Å². The van der Waals surface area contributed by atoms with Gasteiger partial charge in [-0.15, -0.1) is 0 Å². The van der Waals surface area contributed by atoms with E-state index in [1.54, 1.807) is 36.4 Å². The van der Waals surface area contributed by atoms with Crippen LogP contribution in [0.5, 0.6) is 5.75 Å². The van der Waals surface area contributed by atoms with Crippen LogP contribution < -0.4 is 15.5 Å². The highest BCUT2D eigenvalue weighted by Crippen LogP contribution is 2.29. The second-order valence-corrected chi connectivity index (χ2v) is 8.98. The molecule has 0 heterocycles. The number of halogens is 3. The standard InChI is InChI=1S/C27H18Cl3N3O4/c28-18-8-5-17(6-9-18)26(35)31-15-25(34)33-32-14-22-20-4-2-1-3-16(20)7-12-24(22)37-27(36)21-11-10-19(29)13-23(21)30/h1-14H,15H2,(H,31,35)(H,33,34)/b32-14-. The van der Waals surface area contributed by atoms with Gasteiger partial charge in [-0.3, -0.25) is 9.59 Å². The lowest BCUT2D eigenvalue weighted by atomic mass is 10.0. The van der Waals surface area contributed by atoms with Gasteiger partial charge in [0, 0.05) is 21.2 Å². The summed E-state index contributed by atoms with van der Waals surface area (Å²) in [7, 11) is 0. The first-order valence-corrected chi connectivity index (χ1v) is 12.0. The number of hydrazone groups is 1. The van der Waals surface area contributed by atoms with Crippen LogP contribution in [0.1, 0.15) is 26.3 Å². The number of nitrogens with one attached hydrogen (secondary N) is 2. The van der Waals surface area contributed by atoms with E-state index >= 15 is 0 Å². The van der Waals surface area contributed by atoms with Crippen molar-refractivity contribution in [2.24, 2.45) is 5.10 Å². The number of carbonyl (C=O) groups is 3. The lowest BCUT2D eigenvalue weighted by Crippen LogP contribution is -2.34. The Balaban J connectivity index is 1.48. The van der Waals surface area contributed by atoms with Crippen molar-refractivity contribution < 1.29 is 19.1 Å². The van der Waals surface area contributed by atoms with E-state index in [-0.39, 0.29) is 22.9 Å². The first kappa shape index (κ1) is 26.2. The van der Waals surface area contributed by atoms with Gasteiger partial charge in [-0.1, -0.05) is 65.1 Å². The van der Waals surface area contributed by atoms with Gasteiger partial charge in [-0.25, -0.2) is 10.2 Å². The summed E-state index contributed by atoms with van der Waals surface area (Å²) in [4.78, 5) is 37.2. The third kappa shape index (κ3) is 6.65. The third-order valence-electron chi connectivity index (χ3n) is 5.18. The minimum Gasteiger partial charge on any atom is -0.422 e. The topological polar surface area (TPSA) is 96.9 Å². The van der Waals surface area contributed by atoms with E-state index < -0.39 is 17.8 Å². The van der Waals surface area contributed by atoms with Crippen molar-refractivity contribution >= 4 is 69.6 Å². The fourth-order valence-electron chi connectivity index (χ4n) is 3.38. The third-order valence-corrected chi connectivity index (χ3v) is 5.98. The number of fused-ring (bicyclic) bond motifs is 1. The summed E-state index contributed by atoms with van der Waals surface area (Å²) in [6.07, 6.45) is 1.37. The zero-order valence-electron chi connectivity index (χ0n) is 19.0. The summed E-state index contributed by atoms with van der Waals surface area (Å²) in [6.45, 7) is -0.300. The van der Waals surface area contributed by atoms with Gasteiger partial charge >= 0.3 is 5.97 Å². The first-order valence-electron chi connectivity index (χ1n) is 10.9. The molecule has 0 aliphatic heterocycles. The van der Waals surface area contributed by atoms with Crippen molar-refractivity contribution in [2.75, 3.05) is 6.54 Å². The van der Waals surface area contributed by atoms with Crippen LogP contribution in [0.3, 0.4) is 0 Å². The zero-order valence-corrected chi connectivity index (χ0v) is 21.3. The Morgan fingerprint density at radius 2 is 1.59 bits per heavy atom. The van der Waals surface area contributed by atoms with Crippen LogP contribution in [-0.2, 0) is 4.79 Å². The minimum absolute atomic E-state index is 0.145. The molecule has 0 atom stereocenters. The van der Waals surface area contributed by atoms with Crippen molar-refractivity contribution in [1.82, 2.24) is 10.7 Å². The van der Waals surface area contributed by atoms with E-state index in [0.717, 1.165) is 10.8 Å². The smallest absolute Gasteiger partial charge is 0.345 e. The molecular formula is C27H18Cl3N3O4. The van der Waals surface area contributed by atoms with E-state index in [4.69, 9.17) is 39.5 Å². The Morgan fingerprint density at radius 1 is 0.865 bits per heavy atom. The molecule has 2 amide bonds. The van der Waals surface area contributed by atoms with Gasteiger partial charge in [0.1, 0.15) is 5.75 Å². The second-order valence-electron chi connectivity index (χ2n) is 7.69. The van der Waals surface area contributed by atoms with Gasteiger partial charge in [0.2, 0.25) is 0 Å². The molecule has 10 heteroatoms. The molecule has 4 aromatic rings. The molecule has 0 bridgehead atoms. The maximum atomic E-state index is 12.8. The number of rotatable bonds is 7. The fraction of sp³-hybridized carbons (Fsp3) is 0.0370. The fourth-order valence-corrected chi connectivity index (χ4v) is 3.99. The number of nitrogens with zero attached hydrogens (tertiary/aromatic N) is 1. The van der Waals surface area contributed by atoms with Gasteiger partial charge in [-0.2, -0.15) is 5.10 Å². The summed E-state index contributed by atoms with van der Waals surface area (Å²) in [5.74, 6) is -1.45. The molecule has 0 unspecified atom stereocenters. The molecule has 0 fully saturated rings. The quantitative estimate of drug-likeness (QED) is 0.129. The molecule has 186 valence electrons. The molecular weight excluding hydrogens is 537 g/mol.